The number of phenols is 4. The molecule has 24 heavy (non-hydrogen) atoms. The Balaban J connectivity index is 2.13. The summed E-state index contributed by atoms with van der Waals surface area (Å²) in [5.41, 5.74) is 1.64. The van der Waals surface area contributed by atoms with E-state index in [1.54, 1.807) is 0 Å². The first-order valence-electron chi connectivity index (χ1n) is 6.35. The topological polar surface area (TPSA) is 166 Å². The van der Waals surface area contributed by atoms with E-state index in [9.17, 15) is 35.3 Å². The van der Waals surface area contributed by atoms with E-state index in [2.05, 4.69) is 10.5 Å². The number of amides is 1. The molecule has 10 heteroatoms. The maximum atomic E-state index is 11.8. The van der Waals surface area contributed by atoms with Crippen LogP contribution in [0, 0.1) is 10.1 Å². The molecule has 2 rings (SSSR count). The number of benzene rings is 2. The van der Waals surface area contributed by atoms with Crippen LogP contribution >= 0.6 is 0 Å². The van der Waals surface area contributed by atoms with Crippen molar-refractivity contribution in [1.82, 2.24) is 5.43 Å². The second-order valence-electron chi connectivity index (χ2n) is 4.57. The predicted molar refractivity (Wildman–Crippen MR) is 81.3 cm³/mol. The quantitative estimate of drug-likeness (QED) is 0.242. The summed E-state index contributed by atoms with van der Waals surface area (Å²) in [5.74, 6) is -3.43. The van der Waals surface area contributed by atoms with E-state index in [0.717, 1.165) is 30.5 Å². The molecular formula is C14H11N3O7. The normalized spacial score (nSPS) is 10.7. The minimum Gasteiger partial charge on any atom is -0.504 e. The van der Waals surface area contributed by atoms with Crippen molar-refractivity contribution in [3.63, 3.8) is 0 Å². The summed E-state index contributed by atoms with van der Waals surface area (Å²) >= 11 is 0. The third-order valence-electron chi connectivity index (χ3n) is 2.91. The summed E-state index contributed by atoms with van der Waals surface area (Å²) in [5, 5.41) is 51.4. The number of nitro benzene ring substituents is 1. The highest BCUT2D eigenvalue weighted by molar-refractivity contribution is 5.96. The Bertz CT molecular complexity index is 825. The lowest BCUT2D eigenvalue weighted by Crippen LogP contribution is -2.17. The Kier molecular flexibility index (Phi) is 4.50. The molecule has 0 fully saturated rings. The van der Waals surface area contributed by atoms with Crippen LogP contribution in [0.25, 0.3) is 0 Å². The minimum absolute atomic E-state index is 0.170. The van der Waals surface area contributed by atoms with Crippen molar-refractivity contribution in [3.05, 3.63) is 51.6 Å². The average Bonchev–Trinajstić information content (AvgIpc) is 2.53. The Morgan fingerprint density at radius 1 is 1.08 bits per heavy atom. The van der Waals surface area contributed by atoms with Gasteiger partial charge in [-0.15, -0.1) is 0 Å². The Morgan fingerprint density at radius 3 is 2.29 bits per heavy atom. The SMILES string of the molecule is O=C(N/N=C/c1ccc(O)c([N+](=O)[O-])c1)c1cc(O)c(O)c(O)c1. The van der Waals surface area contributed by atoms with E-state index < -0.39 is 39.5 Å². The van der Waals surface area contributed by atoms with E-state index in [4.69, 9.17) is 0 Å². The number of carbonyl (C=O) groups excluding carboxylic acids is 1. The Hall–Kier alpha value is -3.82. The summed E-state index contributed by atoms with van der Waals surface area (Å²) in [6.45, 7) is 0. The number of hydrazone groups is 1. The third-order valence-corrected chi connectivity index (χ3v) is 2.91. The molecule has 0 heterocycles. The molecule has 0 aromatic heterocycles. The molecule has 2 aromatic carbocycles. The van der Waals surface area contributed by atoms with Crippen molar-refractivity contribution >= 4 is 17.8 Å². The van der Waals surface area contributed by atoms with Crippen LogP contribution in [0.3, 0.4) is 0 Å². The number of hydrogen-bond acceptors (Lipinski definition) is 8. The van der Waals surface area contributed by atoms with Crippen LogP contribution in [-0.4, -0.2) is 37.5 Å². The van der Waals surface area contributed by atoms with Crippen LogP contribution < -0.4 is 5.43 Å². The van der Waals surface area contributed by atoms with Gasteiger partial charge in [-0.25, -0.2) is 5.43 Å². The molecule has 10 nitrogen and oxygen atoms in total. The van der Waals surface area contributed by atoms with Gasteiger partial charge < -0.3 is 20.4 Å². The number of hydrogen-bond donors (Lipinski definition) is 5. The van der Waals surface area contributed by atoms with E-state index in [0.29, 0.717) is 0 Å². The maximum Gasteiger partial charge on any atom is 0.311 e. The Labute approximate surface area is 134 Å². The van der Waals surface area contributed by atoms with Crippen LogP contribution in [0.4, 0.5) is 5.69 Å². The molecule has 1 amide bonds. The summed E-state index contributed by atoms with van der Waals surface area (Å²) in [6, 6.07) is 5.35. The van der Waals surface area contributed by atoms with E-state index in [1.807, 2.05) is 0 Å². The van der Waals surface area contributed by atoms with Crippen molar-refractivity contribution in [2.75, 3.05) is 0 Å². The second-order valence-corrected chi connectivity index (χ2v) is 4.57. The van der Waals surface area contributed by atoms with Crippen molar-refractivity contribution in [2.45, 2.75) is 0 Å². The fourth-order valence-corrected chi connectivity index (χ4v) is 1.73. The summed E-state index contributed by atoms with van der Waals surface area (Å²) in [6.07, 6.45) is 1.10. The van der Waals surface area contributed by atoms with Crippen molar-refractivity contribution in [2.24, 2.45) is 5.10 Å². The zero-order valence-electron chi connectivity index (χ0n) is 11.9. The lowest BCUT2D eigenvalue weighted by molar-refractivity contribution is -0.385. The molecule has 0 radical (unpaired) electrons. The van der Waals surface area contributed by atoms with Gasteiger partial charge in [0.05, 0.1) is 11.1 Å². The third kappa shape index (κ3) is 3.50. The monoisotopic (exact) mass is 333 g/mol. The van der Waals surface area contributed by atoms with Gasteiger partial charge in [-0.2, -0.15) is 5.10 Å². The van der Waals surface area contributed by atoms with E-state index in [-0.39, 0.29) is 11.1 Å². The molecule has 0 atom stereocenters. The molecular weight excluding hydrogens is 322 g/mol. The van der Waals surface area contributed by atoms with Crippen molar-refractivity contribution in [3.8, 4) is 23.0 Å². The number of aromatic hydroxyl groups is 4. The first-order chi connectivity index (χ1) is 11.3. The standard InChI is InChI=1S/C14H11N3O7/c18-10-2-1-7(3-9(10)17(23)24)6-15-16-14(22)8-4-11(19)13(21)12(20)5-8/h1-6,18-21H,(H,16,22)/b15-6+. The summed E-state index contributed by atoms with van der Waals surface area (Å²) < 4.78 is 0. The van der Waals surface area contributed by atoms with Crippen molar-refractivity contribution in [1.29, 1.82) is 0 Å². The van der Waals surface area contributed by atoms with Gasteiger partial charge in [0.1, 0.15) is 0 Å². The van der Waals surface area contributed by atoms with Gasteiger partial charge in [0.15, 0.2) is 23.0 Å². The lowest BCUT2D eigenvalue weighted by Gasteiger charge is -2.04. The van der Waals surface area contributed by atoms with Gasteiger partial charge in [0, 0.05) is 17.2 Å². The average molecular weight is 333 g/mol. The fraction of sp³-hybridized carbons (Fsp3) is 0. The van der Waals surface area contributed by atoms with Crippen LogP contribution in [0.1, 0.15) is 15.9 Å². The number of phenolic OH excluding ortho intramolecular Hbond substituents is 4. The minimum atomic E-state index is -0.801. The van der Waals surface area contributed by atoms with Crippen LogP contribution in [0.2, 0.25) is 0 Å². The van der Waals surface area contributed by atoms with E-state index in [1.165, 1.54) is 6.07 Å². The number of nitro groups is 1. The number of nitrogens with one attached hydrogen (secondary N) is 1. The molecule has 0 unspecified atom stereocenters. The summed E-state index contributed by atoms with van der Waals surface area (Å²) in [4.78, 5) is 21.7. The van der Waals surface area contributed by atoms with Gasteiger partial charge in [0.25, 0.3) is 5.91 Å². The number of rotatable bonds is 4. The highest BCUT2D eigenvalue weighted by Crippen LogP contribution is 2.35. The zero-order chi connectivity index (χ0) is 17.9. The summed E-state index contributed by atoms with van der Waals surface area (Å²) in [7, 11) is 0. The first-order valence-corrected chi connectivity index (χ1v) is 6.35. The molecule has 0 aliphatic rings. The number of nitrogens with zero attached hydrogens (tertiary/aromatic N) is 2. The van der Waals surface area contributed by atoms with Crippen LogP contribution in [-0.2, 0) is 0 Å². The number of carbonyl (C=O) groups is 1. The molecule has 2 aromatic rings. The zero-order valence-corrected chi connectivity index (χ0v) is 11.9. The first kappa shape index (κ1) is 16.5. The second kappa shape index (κ2) is 6.52. The molecule has 0 aliphatic heterocycles. The molecule has 0 aliphatic carbocycles. The van der Waals surface area contributed by atoms with Crippen molar-refractivity contribution < 1.29 is 30.1 Å². The van der Waals surface area contributed by atoms with Gasteiger partial charge in [-0.05, 0) is 24.3 Å². The van der Waals surface area contributed by atoms with Gasteiger partial charge in [-0.3, -0.25) is 14.9 Å². The molecule has 0 saturated carbocycles. The molecule has 124 valence electrons. The van der Waals surface area contributed by atoms with Gasteiger partial charge >= 0.3 is 5.69 Å². The molecule has 0 spiro atoms. The predicted octanol–water partition coefficient (Wildman–Crippen LogP) is 1.18. The smallest absolute Gasteiger partial charge is 0.311 e. The molecule has 5 N–H and O–H groups in total. The van der Waals surface area contributed by atoms with Crippen LogP contribution in [0.15, 0.2) is 35.4 Å². The fourth-order valence-electron chi connectivity index (χ4n) is 1.73. The highest BCUT2D eigenvalue weighted by atomic mass is 16.6. The van der Waals surface area contributed by atoms with Gasteiger partial charge in [0.2, 0.25) is 0 Å². The lowest BCUT2D eigenvalue weighted by atomic mass is 10.2. The highest BCUT2D eigenvalue weighted by Gasteiger charge is 2.14. The van der Waals surface area contributed by atoms with E-state index >= 15 is 0 Å². The maximum absolute atomic E-state index is 11.8. The molecule has 0 saturated heterocycles. The molecule has 0 bridgehead atoms. The van der Waals surface area contributed by atoms with Crippen LogP contribution in [0.5, 0.6) is 23.0 Å². The van der Waals surface area contributed by atoms with Gasteiger partial charge in [-0.1, -0.05) is 0 Å². The largest absolute Gasteiger partial charge is 0.504 e. The Morgan fingerprint density at radius 2 is 1.71 bits per heavy atom.